The Morgan fingerprint density at radius 2 is 2.10 bits per heavy atom. The molecule has 2 aromatic rings. The van der Waals surface area contributed by atoms with Crippen molar-refractivity contribution in [2.24, 2.45) is 13.0 Å². The summed E-state index contributed by atoms with van der Waals surface area (Å²) in [5.74, 6) is -0.499. The van der Waals surface area contributed by atoms with Gasteiger partial charge in [0.05, 0.1) is 17.0 Å². The van der Waals surface area contributed by atoms with E-state index >= 15 is 0 Å². The average Bonchev–Trinajstić information content (AvgIpc) is 2.76. The molecule has 20 heavy (non-hydrogen) atoms. The molecule has 106 valence electrons. The molecule has 0 saturated carbocycles. The minimum absolute atomic E-state index is 0.265. The van der Waals surface area contributed by atoms with Gasteiger partial charge in [0, 0.05) is 20.1 Å². The van der Waals surface area contributed by atoms with Gasteiger partial charge in [-0.1, -0.05) is 0 Å². The number of carbonyl (C=O) groups is 1. The van der Waals surface area contributed by atoms with E-state index in [2.05, 4.69) is 9.88 Å². The van der Waals surface area contributed by atoms with E-state index in [9.17, 15) is 9.18 Å². The summed E-state index contributed by atoms with van der Waals surface area (Å²) < 4.78 is 15.1. The lowest BCUT2D eigenvalue weighted by Crippen LogP contribution is -2.37. The number of nitrogens with zero attached hydrogens (tertiary/aromatic N) is 3. The monoisotopic (exact) mass is 277 g/mol. The first-order chi connectivity index (χ1) is 9.56. The predicted octanol–water partition coefficient (Wildman–Crippen LogP) is 2.01. The molecule has 0 bridgehead atoms. The molecule has 6 heteroatoms. The third-order valence-electron chi connectivity index (χ3n) is 3.95. The number of anilines is 1. The third-order valence-corrected chi connectivity index (χ3v) is 3.95. The van der Waals surface area contributed by atoms with Crippen molar-refractivity contribution in [3.8, 4) is 0 Å². The third kappa shape index (κ3) is 2.11. The molecule has 0 unspecified atom stereocenters. The summed E-state index contributed by atoms with van der Waals surface area (Å²) in [7, 11) is 1.85. The van der Waals surface area contributed by atoms with Gasteiger partial charge in [0.25, 0.3) is 0 Å². The Kier molecular flexibility index (Phi) is 3.08. The summed E-state index contributed by atoms with van der Waals surface area (Å²) in [6, 6.07) is 4.53. The molecule has 1 aromatic carbocycles. The van der Waals surface area contributed by atoms with Crippen molar-refractivity contribution < 1.29 is 14.3 Å². The highest BCUT2D eigenvalue weighted by atomic mass is 19.1. The van der Waals surface area contributed by atoms with Crippen LogP contribution in [0, 0.1) is 11.7 Å². The van der Waals surface area contributed by atoms with Crippen molar-refractivity contribution in [1.82, 2.24) is 9.55 Å². The maximum atomic E-state index is 13.3. The SMILES string of the molecule is Cn1c(N2CCC(C(=O)O)CC2)nc2ccc(F)cc21. The highest BCUT2D eigenvalue weighted by Crippen LogP contribution is 2.26. The lowest BCUT2D eigenvalue weighted by Gasteiger charge is -2.30. The smallest absolute Gasteiger partial charge is 0.306 e. The Bertz CT molecular complexity index is 660. The zero-order valence-corrected chi connectivity index (χ0v) is 11.2. The number of hydrogen-bond donors (Lipinski definition) is 1. The maximum Gasteiger partial charge on any atom is 0.306 e. The van der Waals surface area contributed by atoms with Crippen LogP contribution in [0.25, 0.3) is 11.0 Å². The summed E-state index contributed by atoms with van der Waals surface area (Å²) in [6.07, 6.45) is 1.24. The van der Waals surface area contributed by atoms with E-state index < -0.39 is 5.97 Å². The van der Waals surface area contributed by atoms with Crippen molar-refractivity contribution in [1.29, 1.82) is 0 Å². The summed E-state index contributed by atoms with van der Waals surface area (Å²) in [6.45, 7) is 1.33. The van der Waals surface area contributed by atoms with Gasteiger partial charge in [-0.05, 0) is 31.0 Å². The lowest BCUT2D eigenvalue weighted by molar-refractivity contribution is -0.142. The Morgan fingerprint density at radius 3 is 2.75 bits per heavy atom. The van der Waals surface area contributed by atoms with Gasteiger partial charge < -0.3 is 14.6 Å². The second-order valence-electron chi connectivity index (χ2n) is 5.20. The van der Waals surface area contributed by atoms with Crippen molar-refractivity contribution in [2.75, 3.05) is 18.0 Å². The van der Waals surface area contributed by atoms with Gasteiger partial charge in [-0.15, -0.1) is 0 Å². The first-order valence-corrected chi connectivity index (χ1v) is 6.66. The Labute approximate surface area is 115 Å². The molecule has 1 saturated heterocycles. The molecule has 0 spiro atoms. The van der Waals surface area contributed by atoms with Crippen LogP contribution in [-0.2, 0) is 11.8 Å². The Hall–Kier alpha value is -2.11. The van der Waals surface area contributed by atoms with Gasteiger partial charge in [0.15, 0.2) is 0 Å². The van der Waals surface area contributed by atoms with Crippen molar-refractivity contribution in [3.05, 3.63) is 24.0 Å². The maximum absolute atomic E-state index is 13.3. The van der Waals surface area contributed by atoms with Crippen molar-refractivity contribution in [2.45, 2.75) is 12.8 Å². The van der Waals surface area contributed by atoms with Crippen LogP contribution >= 0.6 is 0 Å². The summed E-state index contributed by atoms with van der Waals surface area (Å²) in [5.41, 5.74) is 1.50. The van der Waals surface area contributed by atoms with Gasteiger partial charge in [-0.3, -0.25) is 4.79 Å². The Balaban J connectivity index is 1.88. The minimum atomic E-state index is -0.725. The molecular weight excluding hydrogens is 261 g/mol. The van der Waals surface area contributed by atoms with Crippen LogP contribution in [0.15, 0.2) is 18.2 Å². The molecule has 1 fully saturated rings. The van der Waals surface area contributed by atoms with E-state index in [0.717, 1.165) is 17.0 Å². The number of carboxylic acid groups (broad SMARTS) is 1. The molecule has 5 nitrogen and oxygen atoms in total. The standard InChI is InChI=1S/C14H16FN3O2/c1-17-12-8-10(15)2-3-11(12)16-14(17)18-6-4-9(5-7-18)13(19)20/h2-3,8-9H,4-7H2,1H3,(H,19,20). The second-order valence-corrected chi connectivity index (χ2v) is 5.20. The van der Waals surface area contributed by atoms with Gasteiger partial charge in [-0.25, -0.2) is 9.37 Å². The summed E-state index contributed by atoms with van der Waals surface area (Å²) >= 11 is 0. The van der Waals surface area contributed by atoms with Crippen LogP contribution in [0.2, 0.25) is 0 Å². The normalized spacial score (nSPS) is 16.8. The predicted molar refractivity (Wildman–Crippen MR) is 73.2 cm³/mol. The number of aryl methyl sites for hydroxylation is 1. The number of benzene rings is 1. The molecule has 0 atom stereocenters. The molecule has 1 N–H and O–H groups in total. The molecule has 0 amide bonds. The van der Waals surface area contributed by atoms with Gasteiger partial charge in [0.2, 0.25) is 5.95 Å². The number of aliphatic carboxylic acids is 1. The molecule has 0 aliphatic carbocycles. The van der Waals surface area contributed by atoms with Gasteiger partial charge >= 0.3 is 5.97 Å². The number of fused-ring (bicyclic) bond motifs is 1. The minimum Gasteiger partial charge on any atom is -0.481 e. The van der Waals surface area contributed by atoms with Gasteiger partial charge in [-0.2, -0.15) is 0 Å². The molecule has 1 aliphatic rings. The molecule has 3 rings (SSSR count). The van der Waals surface area contributed by atoms with Crippen LogP contribution in [0.5, 0.6) is 0 Å². The van der Waals surface area contributed by atoms with Gasteiger partial charge in [0.1, 0.15) is 5.82 Å². The van der Waals surface area contributed by atoms with Crippen LogP contribution in [0.1, 0.15) is 12.8 Å². The number of rotatable bonds is 2. The molecular formula is C14H16FN3O2. The zero-order valence-electron chi connectivity index (χ0n) is 11.2. The highest BCUT2D eigenvalue weighted by Gasteiger charge is 2.26. The van der Waals surface area contributed by atoms with E-state index in [4.69, 9.17) is 5.11 Å². The molecule has 0 radical (unpaired) electrons. The quantitative estimate of drug-likeness (QED) is 0.912. The Morgan fingerprint density at radius 1 is 1.40 bits per heavy atom. The number of aromatic nitrogens is 2. The van der Waals surface area contributed by atoms with Crippen LogP contribution < -0.4 is 4.90 Å². The first kappa shape index (κ1) is 12.9. The largest absolute Gasteiger partial charge is 0.481 e. The van der Waals surface area contributed by atoms with Crippen LogP contribution in [0.3, 0.4) is 0 Å². The molecule has 1 aromatic heterocycles. The van der Waals surface area contributed by atoms with Crippen molar-refractivity contribution >= 4 is 23.0 Å². The van der Waals surface area contributed by atoms with E-state index in [1.54, 1.807) is 6.07 Å². The van der Waals surface area contributed by atoms with Crippen LogP contribution in [-0.4, -0.2) is 33.7 Å². The number of carboxylic acids is 1. The second kappa shape index (κ2) is 4.77. The topological polar surface area (TPSA) is 58.4 Å². The number of halogens is 1. The van der Waals surface area contributed by atoms with Crippen molar-refractivity contribution in [3.63, 3.8) is 0 Å². The fourth-order valence-electron chi connectivity index (χ4n) is 2.76. The fourth-order valence-corrected chi connectivity index (χ4v) is 2.76. The van der Waals surface area contributed by atoms with Crippen LogP contribution in [0.4, 0.5) is 10.3 Å². The number of hydrogen-bond acceptors (Lipinski definition) is 3. The van der Waals surface area contributed by atoms with E-state index in [1.807, 2.05) is 11.6 Å². The first-order valence-electron chi connectivity index (χ1n) is 6.66. The zero-order chi connectivity index (χ0) is 14.3. The molecule has 1 aliphatic heterocycles. The fraction of sp³-hybridized carbons (Fsp3) is 0.429. The molecule has 2 heterocycles. The van der Waals surface area contributed by atoms with E-state index in [1.165, 1.54) is 12.1 Å². The number of piperidine rings is 1. The van der Waals surface area contributed by atoms with E-state index in [0.29, 0.717) is 25.9 Å². The highest BCUT2D eigenvalue weighted by molar-refractivity contribution is 5.79. The van der Waals surface area contributed by atoms with E-state index in [-0.39, 0.29) is 11.7 Å². The summed E-state index contributed by atoms with van der Waals surface area (Å²) in [4.78, 5) is 17.6. The number of imidazole rings is 1. The average molecular weight is 277 g/mol. The summed E-state index contributed by atoms with van der Waals surface area (Å²) in [5, 5.41) is 9.01. The lowest BCUT2D eigenvalue weighted by atomic mass is 9.97.